The topological polar surface area (TPSA) is 69.7 Å². The molecule has 6 nitrogen and oxygen atoms in total. The van der Waals surface area contributed by atoms with Crippen LogP contribution in [-0.4, -0.2) is 36.2 Å². The summed E-state index contributed by atoms with van der Waals surface area (Å²) in [5.41, 5.74) is 0.800. The van der Waals surface area contributed by atoms with E-state index in [2.05, 4.69) is 5.32 Å². The second-order valence-corrected chi connectivity index (χ2v) is 10.1. The number of likely N-dealkylation sites (N-methyl/N-ethyl adjacent to an activating group) is 1. The lowest BCUT2D eigenvalue weighted by Crippen LogP contribution is -2.44. The molecule has 0 aromatic heterocycles. The summed E-state index contributed by atoms with van der Waals surface area (Å²) in [5.74, 6) is -2.52. The quantitative estimate of drug-likeness (QED) is 0.529. The molecule has 2 heterocycles. The molecule has 3 amide bonds. The number of nitrogens with one attached hydrogen (secondary N) is 1. The number of carbonyl (C=O) groups is 3. The van der Waals surface area contributed by atoms with Gasteiger partial charge in [0.15, 0.2) is 0 Å². The Labute approximate surface area is 213 Å². The molecule has 2 aliphatic heterocycles. The lowest BCUT2D eigenvalue weighted by Gasteiger charge is -2.35. The summed E-state index contributed by atoms with van der Waals surface area (Å²) in [7, 11) is 1.67. The van der Waals surface area contributed by atoms with Gasteiger partial charge < -0.3 is 15.1 Å². The van der Waals surface area contributed by atoms with Crippen molar-refractivity contribution >= 4 is 29.1 Å². The summed E-state index contributed by atoms with van der Waals surface area (Å²) in [5, 5.41) is 2.63. The first-order chi connectivity index (χ1) is 17.6. The minimum absolute atomic E-state index is 0.00855. The van der Waals surface area contributed by atoms with E-state index >= 15 is 0 Å². The smallest absolute Gasteiger partial charge is 0.258 e. The molecule has 2 aliphatic rings. The first-order valence-corrected chi connectivity index (χ1v) is 12.2. The number of benzene rings is 3. The molecule has 3 aromatic carbocycles. The highest BCUT2D eigenvalue weighted by molar-refractivity contribution is 6.13. The molecular formula is C29H27F2N3O3. The van der Waals surface area contributed by atoms with Crippen LogP contribution in [0.5, 0.6) is 0 Å². The fraction of sp³-hybridized carbons (Fsp3) is 0.276. The van der Waals surface area contributed by atoms with Gasteiger partial charge in [-0.2, -0.15) is 0 Å². The van der Waals surface area contributed by atoms with Crippen molar-refractivity contribution in [3.05, 3.63) is 95.1 Å². The SMILES string of the molecule is CC(C)CN1C(=O)C[C@@]2(C(=O)N(C)c3ccc(NC(=O)c4cc(F)ccc4F)cc32)C1c1ccccc1. The Kier molecular flexibility index (Phi) is 6.06. The van der Waals surface area contributed by atoms with Crippen LogP contribution in [0.1, 0.15) is 47.8 Å². The van der Waals surface area contributed by atoms with E-state index in [1.54, 1.807) is 35.0 Å². The third-order valence-corrected chi connectivity index (χ3v) is 7.16. The maximum Gasteiger partial charge on any atom is 0.258 e. The Bertz CT molecular complexity index is 1410. The lowest BCUT2D eigenvalue weighted by molar-refractivity contribution is -0.129. The van der Waals surface area contributed by atoms with Crippen LogP contribution in [0, 0.1) is 17.6 Å². The molecule has 0 bridgehead atoms. The van der Waals surface area contributed by atoms with Crippen molar-refractivity contribution in [1.82, 2.24) is 4.90 Å². The van der Waals surface area contributed by atoms with Crippen molar-refractivity contribution in [3.8, 4) is 0 Å². The number of nitrogens with zero attached hydrogens (tertiary/aromatic N) is 2. The van der Waals surface area contributed by atoms with Crippen molar-refractivity contribution in [3.63, 3.8) is 0 Å². The standard InChI is InChI=1S/C29H27F2N3O3/c1-17(2)16-34-25(35)15-29(26(34)18-7-5-4-6-8-18)22-14-20(10-12-24(22)33(3)28(29)37)32-27(36)21-13-19(30)9-11-23(21)31/h4-14,17,26H,15-16H2,1-3H3,(H,32,36)/t26?,29-/m0/s1. The van der Waals surface area contributed by atoms with Gasteiger partial charge in [-0.1, -0.05) is 44.2 Å². The zero-order valence-corrected chi connectivity index (χ0v) is 20.8. The number of anilines is 2. The molecule has 8 heteroatoms. The number of likely N-dealkylation sites (tertiary alicyclic amines) is 1. The minimum Gasteiger partial charge on any atom is -0.334 e. The minimum atomic E-state index is -1.19. The molecule has 1 unspecified atom stereocenters. The molecule has 1 spiro atoms. The van der Waals surface area contributed by atoms with E-state index in [9.17, 15) is 23.2 Å². The van der Waals surface area contributed by atoms with Crippen molar-refractivity contribution in [2.45, 2.75) is 31.7 Å². The highest BCUT2D eigenvalue weighted by Gasteiger charge is 2.63. The van der Waals surface area contributed by atoms with E-state index in [4.69, 9.17) is 0 Å². The molecule has 0 aliphatic carbocycles. The van der Waals surface area contributed by atoms with E-state index in [1.165, 1.54) is 0 Å². The highest BCUT2D eigenvalue weighted by Crippen LogP contribution is 2.57. The van der Waals surface area contributed by atoms with Crippen molar-refractivity contribution < 1.29 is 23.2 Å². The van der Waals surface area contributed by atoms with Crippen LogP contribution in [0.15, 0.2) is 66.7 Å². The normalized spacial score (nSPS) is 20.8. The maximum atomic E-state index is 14.2. The van der Waals surface area contributed by atoms with Gasteiger partial charge in [-0.3, -0.25) is 14.4 Å². The van der Waals surface area contributed by atoms with Gasteiger partial charge in [-0.25, -0.2) is 8.78 Å². The average Bonchev–Trinajstić information content (AvgIpc) is 3.26. The molecule has 5 rings (SSSR count). The van der Waals surface area contributed by atoms with Crippen LogP contribution in [-0.2, 0) is 15.0 Å². The van der Waals surface area contributed by atoms with E-state index in [0.717, 1.165) is 23.8 Å². The third kappa shape index (κ3) is 3.97. The first kappa shape index (κ1) is 24.6. The summed E-state index contributed by atoms with van der Waals surface area (Å²) in [4.78, 5) is 43.5. The molecule has 0 saturated carbocycles. The zero-order chi connectivity index (χ0) is 26.5. The maximum absolute atomic E-state index is 14.2. The monoisotopic (exact) mass is 503 g/mol. The summed E-state index contributed by atoms with van der Waals surface area (Å²) < 4.78 is 27.8. The lowest BCUT2D eigenvalue weighted by atomic mass is 9.72. The molecule has 1 N–H and O–H groups in total. The Balaban J connectivity index is 1.62. The Morgan fingerprint density at radius 3 is 2.49 bits per heavy atom. The van der Waals surface area contributed by atoms with Crippen LogP contribution < -0.4 is 10.2 Å². The van der Waals surface area contributed by atoms with Crippen LogP contribution in [0.4, 0.5) is 20.2 Å². The van der Waals surface area contributed by atoms with Gasteiger partial charge in [0, 0.05) is 31.4 Å². The molecule has 190 valence electrons. The summed E-state index contributed by atoms with van der Waals surface area (Å²) in [6, 6.07) is 16.6. The molecule has 2 atom stereocenters. The zero-order valence-electron chi connectivity index (χ0n) is 20.8. The van der Waals surface area contributed by atoms with Crippen LogP contribution in [0.2, 0.25) is 0 Å². The number of amides is 3. The average molecular weight is 504 g/mol. The van der Waals surface area contributed by atoms with Crippen LogP contribution >= 0.6 is 0 Å². The van der Waals surface area contributed by atoms with Gasteiger partial charge in [0.25, 0.3) is 5.91 Å². The van der Waals surface area contributed by atoms with E-state index in [1.807, 2.05) is 44.2 Å². The molecule has 1 saturated heterocycles. The fourth-order valence-corrected chi connectivity index (χ4v) is 5.64. The van der Waals surface area contributed by atoms with Crippen molar-refractivity contribution in [1.29, 1.82) is 0 Å². The number of carbonyl (C=O) groups excluding carboxylic acids is 3. The van der Waals surface area contributed by atoms with E-state index < -0.39 is 34.6 Å². The molecule has 1 fully saturated rings. The first-order valence-electron chi connectivity index (χ1n) is 12.2. The summed E-state index contributed by atoms with van der Waals surface area (Å²) in [6.07, 6.45) is -0.00855. The number of halogens is 2. The van der Waals surface area contributed by atoms with Gasteiger partial charge in [-0.05, 0) is 53.4 Å². The number of hydrogen-bond donors (Lipinski definition) is 1. The number of fused-ring (bicyclic) bond motifs is 2. The second-order valence-electron chi connectivity index (χ2n) is 10.1. The molecule has 3 aromatic rings. The highest BCUT2D eigenvalue weighted by atomic mass is 19.1. The van der Waals surface area contributed by atoms with Crippen molar-refractivity contribution in [2.24, 2.45) is 5.92 Å². The Morgan fingerprint density at radius 2 is 1.78 bits per heavy atom. The molecule has 37 heavy (non-hydrogen) atoms. The third-order valence-electron chi connectivity index (χ3n) is 7.16. The fourth-order valence-electron chi connectivity index (χ4n) is 5.64. The summed E-state index contributed by atoms with van der Waals surface area (Å²) in [6.45, 7) is 4.54. The van der Waals surface area contributed by atoms with Crippen molar-refractivity contribution in [2.75, 3.05) is 23.8 Å². The molecular weight excluding hydrogens is 476 g/mol. The number of rotatable bonds is 5. The van der Waals surface area contributed by atoms with Gasteiger partial charge in [-0.15, -0.1) is 0 Å². The Hall–Kier alpha value is -4.07. The predicted molar refractivity (Wildman–Crippen MR) is 136 cm³/mol. The largest absolute Gasteiger partial charge is 0.334 e. The van der Waals surface area contributed by atoms with Gasteiger partial charge in [0.2, 0.25) is 11.8 Å². The molecule has 0 radical (unpaired) electrons. The van der Waals surface area contributed by atoms with Gasteiger partial charge in [0.1, 0.15) is 17.0 Å². The summed E-state index contributed by atoms with van der Waals surface area (Å²) >= 11 is 0. The predicted octanol–water partition coefficient (Wildman–Crippen LogP) is 5.06. The van der Waals surface area contributed by atoms with E-state index in [-0.39, 0.29) is 24.2 Å². The second kappa shape index (κ2) is 9.10. The van der Waals surface area contributed by atoms with Crippen LogP contribution in [0.3, 0.4) is 0 Å². The van der Waals surface area contributed by atoms with Crippen LogP contribution in [0.25, 0.3) is 0 Å². The van der Waals surface area contributed by atoms with Gasteiger partial charge in [0.05, 0.1) is 11.6 Å². The van der Waals surface area contributed by atoms with Gasteiger partial charge >= 0.3 is 0 Å². The van der Waals surface area contributed by atoms with E-state index in [0.29, 0.717) is 23.5 Å². The Morgan fingerprint density at radius 1 is 1.05 bits per heavy atom. The number of hydrogen-bond acceptors (Lipinski definition) is 3.